The van der Waals surface area contributed by atoms with Crippen LogP contribution in [0.25, 0.3) is 11.3 Å². The summed E-state index contributed by atoms with van der Waals surface area (Å²) in [4.78, 5) is 0. The molecule has 1 fully saturated rings. The third kappa shape index (κ3) is 2.79. The predicted octanol–water partition coefficient (Wildman–Crippen LogP) is 2.91. The van der Waals surface area contributed by atoms with Crippen LogP contribution in [-0.2, 0) is 4.74 Å². The first-order valence-corrected chi connectivity index (χ1v) is 6.77. The van der Waals surface area contributed by atoms with Gasteiger partial charge in [-0.3, -0.25) is 5.10 Å². The number of ether oxygens (including phenoxy) is 1. The maximum Gasteiger partial charge on any atom is 0.0650 e. The monoisotopic (exact) mass is 257 g/mol. The van der Waals surface area contributed by atoms with Crippen molar-refractivity contribution in [2.45, 2.75) is 19.4 Å². The average molecular weight is 257 g/mol. The SMILES string of the molecule is C[C@H](Nc1cccc(-c2ccn[nH]2)c1)[C@@H]1CCOC1. The molecule has 2 aromatic rings. The van der Waals surface area contributed by atoms with Gasteiger partial charge in [-0.05, 0) is 31.5 Å². The Bertz CT molecular complexity index is 518. The second-order valence-electron chi connectivity index (χ2n) is 5.11. The van der Waals surface area contributed by atoms with Crippen molar-refractivity contribution in [3.8, 4) is 11.3 Å². The smallest absolute Gasteiger partial charge is 0.0650 e. The van der Waals surface area contributed by atoms with Crippen molar-refractivity contribution in [1.29, 1.82) is 0 Å². The van der Waals surface area contributed by atoms with E-state index >= 15 is 0 Å². The highest BCUT2D eigenvalue weighted by Crippen LogP contribution is 2.24. The van der Waals surface area contributed by atoms with E-state index < -0.39 is 0 Å². The van der Waals surface area contributed by atoms with Crippen molar-refractivity contribution in [2.24, 2.45) is 5.92 Å². The molecule has 0 aliphatic carbocycles. The molecule has 2 N–H and O–H groups in total. The summed E-state index contributed by atoms with van der Waals surface area (Å²) in [6, 6.07) is 10.8. The molecule has 0 unspecified atom stereocenters. The Morgan fingerprint density at radius 3 is 3.11 bits per heavy atom. The summed E-state index contributed by atoms with van der Waals surface area (Å²) in [5.74, 6) is 0.607. The minimum atomic E-state index is 0.430. The van der Waals surface area contributed by atoms with Crippen LogP contribution in [0.4, 0.5) is 5.69 Å². The molecule has 0 saturated carbocycles. The maximum atomic E-state index is 5.45. The van der Waals surface area contributed by atoms with E-state index in [4.69, 9.17) is 4.74 Å². The molecule has 1 aromatic carbocycles. The number of nitrogens with one attached hydrogen (secondary N) is 2. The average Bonchev–Trinajstić information content (AvgIpc) is 3.13. The van der Waals surface area contributed by atoms with Crippen LogP contribution in [0.15, 0.2) is 36.5 Å². The molecule has 0 bridgehead atoms. The third-order valence-electron chi connectivity index (χ3n) is 3.74. The van der Waals surface area contributed by atoms with Crippen LogP contribution >= 0.6 is 0 Å². The first-order valence-electron chi connectivity index (χ1n) is 6.77. The van der Waals surface area contributed by atoms with Crippen molar-refractivity contribution in [3.63, 3.8) is 0 Å². The molecule has 4 heteroatoms. The Kier molecular flexibility index (Phi) is 3.51. The van der Waals surface area contributed by atoms with Crippen LogP contribution in [0.1, 0.15) is 13.3 Å². The predicted molar refractivity (Wildman–Crippen MR) is 76.0 cm³/mol. The van der Waals surface area contributed by atoms with E-state index in [-0.39, 0.29) is 0 Å². The van der Waals surface area contributed by atoms with Crippen molar-refractivity contribution < 1.29 is 4.74 Å². The first-order chi connectivity index (χ1) is 9.33. The fraction of sp³-hybridized carbons (Fsp3) is 0.400. The molecular weight excluding hydrogens is 238 g/mol. The van der Waals surface area contributed by atoms with Crippen LogP contribution in [0.5, 0.6) is 0 Å². The van der Waals surface area contributed by atoms with Gasteiger partial charge in [-0.15, -0.1) is 0 Å². The summed E-state index contributed by atoms with van der Waals surface area (Å²) in [5, 5.41) is 10.6. The summed E-state index contributed by atoms with van der Waals surface area (Å²) < 4.78 is 5.45. The minimum Gasteiger partial charge on any atom is -0.382 e. The Balaban J connectivity index is 1.72. The van der Waals surface area contributed by atoms with Crippen molar-refractivity contribution in [2.75, 3.05) is 18.5 Å². The van der Waals surface area contributed by atoms with Gasteiger partial charge < -0.3 is 10.1 Å². The molecule has 0 amide bonds. The zero-order chi connectivity index (χ0) is 13.1. The molecule has 100 valence electrons. The number of H-pyrrole nitrogens is 1. The Hall–Kier alpha value is -1.81. The second kappa shape index (κ2) is 5.45. The normalized spacial score (nSPS) is 20.4. The van der Waals surface area contributed by atoms with E-state index in [1.807, 2.05) is 6.07 Å². The van der Waals surface area contributed by atoms with Crippen molar-refractivity contribution in [1.82, 2.24) is 10.2 Å². The first kappa shape index (κ1) is 12.2. The lowest BCUT2D eigenvalue weighted by Gasteiger charge is -2.20. The van der Waals surface area contributed by atoms with Crippen molar-refractivity contribution >= 4 is 5.69 Å². The van der Waals surface area contributed by atoms with Gasteiger partial charge in [-0.25, -0.2) is 0 Å². The molecular formula is C15H19N3O. The fourth-order valence-electron chi connectivity index (χ4n) is 2.52. The topological polar surface area (TPSA) is 49.9 Å². The number of hydrogen-bond donors (Lipinski definition) is 2. The molecule has 0 radical (unpaired) electrons. The summed E-state index contributed by atoms with van der Waals surface area (Å²) in [7, 11) is 0. The van der Waals surface area contributed by atoms with Gasteiger partial charge in [0.2, 0.25) is 0 Å². The van der Waals surface area contributed by atoms with E-state index in [9.17, 15) is 0 Å². The van der Waals surface area contributed by atoms with Gasteiger partial charge >= 0.3 is 0 Å². The van der Waals surface area contributed by atoms with Gasteiger partial charge in [0.15, 0.2) is 0 Å². The molecule has 2 atom stereocenters. The number of anilines is 1. The number of aromatic nitrogens is 2. The lowest BCUT2D eigenvalue weighted by Crippen LogP contribution is -2.26. The minimum absolute atomic E-state index is 0.430. The zero-order valence-electron chi connectivity index (χ0n) is 11.1. The maximum absolute atomic E-state index is 5.45. The van der Waals surface area contributed by atoms with Crippen molar-refractivity contribution in [3.05, 3.63) is 36.5 Å². The number of benzene rings is 1. The highest BCUT2D eigenvalue weighted by Gasteiger charge is 2.22. The van der Waals surface area contributed by atoms with E-state index in [1.54, 1.807) is 6.20 Å². The number of nitrogens with zero attached hydrogens (tertiary/aromatic N) is 1. The van der Waals surface area contributed by atoms with Crippen LogP contribution in [0, 0.1) is 5.92 Å². The van der Waals surface area contributed by atoms with Crippen LogP contribution in [0.3, 0.4) is 0 Å². The molecule has 2 heterocycles. The lowest BCUT2D eigenvalue weighted by molar-refractivity contribution is 0.183. The van der Waals surface area contributed by atoms with Gasteiger partial charge in [0.1, 0.15) is 0 Å². The van der Waals surface area contributed by atoms with E-state index in [2.05, 4.69) is 46.7 Å². The van der Waals surface area contributed by atoms with Gasteiger partial charge in [-0.2, -0.15) is 5.10 Å². The second-order valence-corrected chi connectivity index (χ2v) is 5.11. The van der Waals surface area contributed by atoms with Gasteiger partial charge in [0.25, 0.3) is 0 Å². The molecule has 3 rings (SSSR count). The summed E-state index contributed by atoms with van der Waals surface area (Å²) >= 11 is 0. The molecule has 0 spiro atoms. The Morgan fingerprint density at radius 2 is 2.37 bits per heavy atom. The summed E-state index contributed by atoms with van der Waals surface area (Å²) in [6.45, 7) is 3.99. The van der Waals surface area contributed by atoms with E-state index in [1.165, 1.54) is 0 Å². The molecule has 1 aliphatic rings. The molecule has 19 heavy (non-hydrogen) atoms. The van der Waals surface area contributed by atoms with E-state index in [0.717, 1.165) is 36.6 Å². The van der Waals surface area contributed by atoms with Crippen LogP contribution < -0.4 is 5.32 Å². The standard InChI is InChI=1S/C15H19N3O/c1-11(13-6-8-19-10-13)17-14-4-2-3-12(9-14)15-5-7-16-18-15/h2-5,7,9,11,13,17H,6,8,10H2,1H3,(H,16,18)/t11-,13+/m0/s1. The summed E-state index contributed by atoms with van der Waals surface area (Å²) in [6.07, 6.45) is 2.92. The van der Waals surface area contributed by atoms with Gasteiger partial charge in [0, 0.05) is 36.0 Å². The molecule has 1 aliphatic heterocycles. The third-order valence-corrected chi connectivity index (χ3v) is 3.74. The fourth-order valence-corrected chi connectivity index (χ4v) is 2.52. The zero-order valence-corrected chi connectivity index (χ0v) is 11.1. The summed E-state index contributed by atoms with van der Waals surface area (Å²) in [5.41, 5.74) is 3.34. The van der Waals surface area contributed by atoms with Gasteiger partial charge in [0.05, 0.1) is 12.3 Å². The van der Waals surface area contributed by atoms with Gasteiger partial charge in [-0.1, -0.05) is 12.1 Å². The highest BCUT2D eigenvalue weighted by molar-refractivity contribution is 5.64. The largest absolute Gasteiger partial charge is 0.382 e. The van der Waals surface area contributed by atoms with Crippen LogP contribution in [-0.4, -0.2) is 29.5 Å². The van der Waals surface area contributed by atoms with E-state index in [0.29, 0.717) is 12.0 Å². The molecule has 4 nitrogen and oxygen atoms in total. The number of hydrogen-bond acceptors (Lipinski definition) is 3. The number of aromatic amines is 1. The number of rotatable bonds is 4. The molecule has 1 saturated heterocycles. The quantitative estimate of drug-likeness (QED) is 0.885. The highest BCUT2D eigenvalue weighted by atomic mass is 16.5. The Morgan fingerprint density at radius 1 is 1.42 bits per heavy atom. The molecule has 1 aromatic heterocycles. The Labute approximate surface area is 113 Å². The van der Waals surface area contributed by atoms with Crippen LogP contribution in [0.2, 0.25) is 0 Å². The lowest BCUT2D eigenvalue weighted by atomic mass is 10.0.